The van der Waals surface area contributed by atoms with Gasteiger partial charge < -0.3 is 20.2 Å². The van der Waals surface area contributed by atoms with Crippen molar-refractivity contribution in [2.75, 3.05) is 30.4 Å². The lowest BCUT2D eigenvalue weighted by Gasteiger charge is -2.18. The number of thiophene rings is 1. The summed E-state index contributed by atoms with van der Waals surface area (Å²) in [7, 11) is -3.82. The Hall–Kier alpha value is -3.03. The molecule has 11 nitrogen and oxygen atoms in total. The van der Waals surface area contributed by atoms with Crippen molar-refractivity contribution in [3.63, 3.8) is 0 Å². The molecular weight excluding hydrogens is 490 g/mol. The molecule has 3 aromatic rings. The molecule has 0 saturated carbocycles. The van der Waals surface area contributed by atoms with E-state index in [-0.39, 0.29) is 28.4 Å². The van der Waals surface area contributed by atoms with Crippen molar-refractivity contribution in [2.24, 2.45) is 9.98 Å². The average molecular weight is 520 g/mol. The second-order valence-corrected chi connectivity index (χ2v) is 11.0. The van der Waals surface area contributed by atoms with Gasteiger partial charge in [-0.05, 0) is 31.9 Å². The van der Waals surface area contributed by atoms with Gasteiger partial charge in [-0.1, -0.05) is 20.8 Å². The maximum atomic E-state index is 12.9. The number of anilines is 3. The van der Waals surface area contributed by atoms with Crippen molar-refractivity contribution >= 4 is 38.7 Å². The summed E-state index contributed by atoms with van der Waals surface area (Å²) in [5, 5.41) is 18.8. The first kappa shape index (κ1) is 25.1. The maximum absolute atomic E-state index is 12.9. The van der Waals surface area contributed by atoms with E-state index in [1.165, 1.54) is 4.31 Å². The Labute approximate surface area is 207 Å². The zero-order valence-electron chi connectivity index (χ0n) is 20.3. The summed E-state index contributed by atoms with van der Waals surface area (Å²) in [6.45, 7) is 10.3. The molecule has 0 spiro atoms. The van der Waals surface area contributed by atoms with Crippen LogP contribution in [0.15, 0.2) is 30.1 Å². The molecule has 188 valence electrons. The second-order valence-electron chi connectivity index (χ2n) is 8.02. The molecule has 0 radical (unpaired) electrons. The number of furan rings is 1. The molecular formula is C22H29N7O4S2. The molecule has 0 saturated heterocycles. The number of aryl methyl sites for hydroxylation is 2. The van der Waals surface area contributed by atoms with Crippen LogP contribution in [0.5, 0.6) is 5.75 Å². The first-order chi connectivity index (χ1) is 16.7. The van der Waals surface area contributed by atoms with E-state index in [1.54, 1.807) is 19.2 Å². The number of nitrogens with zero attached hydrogens (tertiary/aromatic N) is 5. The molecule has 1 aliphatic heterocycles. The topological polar surface area (TPSA) is 145 Å². The SMILES string of the molecule is CC[C@@H](Nc1nc2c(nc1Nc1csc(S(=O)(=O)N(CC)CC)c1O)=NCN=2)c1cc(C)c(C)o1. The Morgan fingerprint density at radius 1 is 1.14 bits per heavy atom. The molecule has 0 aromatic carbocycles. The number of fused-ring (bicyclic) bond motifs is 1. The summed E-state index contributed by atoms with van der Waals surface area (Å²) in [5.74, 6) is 1.94. The van der Waals surface area contributed by atoms with Gasteiger partial charge in [0.1, 0.15) is 18.2 Å². The quantitative estimate of drug-likeness (QED) is 0.371. The van der Waals surface area contributed by atoms with Gasteiger partial charge in [0.05, 0.1) is 11.7 Å². The van der Waals surface area contributed by atoms with Crippen molar-refractivity contribution in [1.82, 2.24) is 14.3 Å². The van der Waals surface area contributed by atoms with Gasteiger partial charge in [0, 0.05) is 18.5 Å². The number of hydrogen-bond acceptors (Lipinski definition) is 11. The molecule has 1 aliphatic rings. The van der Waals surface area contributed by atoms with Crippen molar-refractivity contribution in [2.45, 2.75) is 51.3 Å². The highest BCUT2D eigenvalue weighted by atomic mass is 32.2. The molecule has 1 atom stereocenters. The van der Waals surface area contributed by atoms with Crippen LogP contribution < -0.4 is 21.6 Å². The minimum atomic E-state index is -3.82. The van der Waals surface area contributed by atoms with E-state index in [9.17, 15) is 13.5 Å². The molecule has 0 amide bonds. The highest BCUT2D eigenvalue weighted by Gasteiger charge is 2.29. The van der Waals surface area contributed by atoms with Crippen LogP contribution in [0.2, 0.25) is 0 Å². The monoisotopic (exact) mass is 519 g/mol. The van der Waals surface area contributed by atoms with Gasteiger partial charge >= 0.3 is 0 Å². The highest BCUT2D eigenvalue weighted by Crippen LogP contribution is 2.41. The Morgan fingerprint density at radius 3 is 2.37 bits per heavy atom. The lowest BCUT2D eigenvalue weighted by molar-refractivity contribution is 0.434. The molecule has 0 aliphatic carbocycles. The fourth-order valence-corrected chi connectivity index (χ4v) is 6.55. The van der Waals surface area contributed by atoms with E-state index in [1.807, 2.05) is 26.8 Å². The molecule has 3 N–H and O–H groups in total. The maximum Gasteiger partial charge on any atom is 0.256 e. The molecule has 4 heterocycles. The van der Waals surface area contributed by atoms with Crippen LogP contribution in [0.4, 0.5) is 17.3 Å². The van der Waals surface area contributed by atoms with Crippen LogP contribution in [0.1, 0.15) is 50.3 Å². The lowest BCUT2D eigenvalue weighted by atomic mass is 10.1. The zero-order valence-corrected chi connectivity index (χ0v) is 21.9. The Morgan fingerprint density at radius 2 is 1.80 bits per heavy atom. The standard InChI is InChI=1S/C22H29N7O4S2/c1-6-14(16-9-12(4)13(5)33-16)25-20-21(28-19-18(27-20)23-11-24-19)26-15-10-34-22(17(15)30)35(31,32)29(7-2)8-3/h9-10,14,30H,6-8,11H2,1-5H3,(H,23,25,27)(H,24,26,28)/t14-/m1/s1. The predicted molar refractivity (Wildman–Crippen MR) is 133 cm³/mol. The van der Waals surface area contributed by atoms with E-state index in [0.29, 0.717) is 42.1 Å². The Balaban J connectivity index is 1.71. The molecule has 3 aromatic heterocycles. The largest absolute Gasteiger partial charge is 0.504 e. The summed E-state index contributed by atoms with van der Waals surface area (Å²) in [4.78, 5) is 17.6. The smallest absolute Gasteiger partial charge is 0.256 e. The van der Waals surface area contributed by atoms with E-state index < -0.39 is 10.0 Å². The van der Waals surface area contributed by atoms with Crippen molar-refractivity contribution in [3.05, 3.63) is 39.5 Å². The molecule has 0 fully saturated rings. The minimum absolute atomic E-state index is 0.125. The summed E-state index contributed by atoms with van der Waals surface area (Å²) >= 11 is 0.945. The third-order valence-electron chi connectivity index (χ3n) is 5.81. The normalized spacial score (nSPS) is 13.9. The highest BCUT2D eigenvalue weighted by molar-refractivity contribution is 7.91. The van der Waals surface area contributed by atoms with Gasteiger partial charge in [-0.2, -0.15) is 4.31 Å². The molecule has 4 rings (SSSR count). The van der Waals surface area contributed by atoms with Gasteiger partial charge in [0.2, 0.25) is 0 Å². The number of hydrogen-bond donors (Lipinski definition) is 3. The molecule has 0 unspecified atom stereocenters. The second kappa shape index (κ2) is 9.91. The van der Waals surface area contributed by atoms with Gasteiger partial charge in [0.15, 0.2) is 32.6 Å². The molecule has 35 heavy (non-hydrogen) atoms. The summed E-state index contributed by atoms with van der Waals surface area (Å²) in [6, 6.07) is 1.79. The predicted octanol–water partition coefficient (Wildman–Crippen LogP) is 3.00. The first-order valence-corrected chi connectivity index (χ1v) is 13.7. The Kier molecular flexibility index (Phi) is 7.10. The lowest BCUT2D eigenvalue weighted by Crippen LogP contribution is -2.31. The summed E-state index contributed by atoms with van der Waals surface area (Å²) < 4.78 is 33.0. The zero-order chi connectivity index (χ0) is 25.3. The van der Waals surface area contributed by atoms with Crippen molar-refractivity contribution < 1.29 is 17.9 Å². The molecule has 0 bridgehead atoms. The third-order valence-corrected chi connectivity index (χ3v) is 9.35. The van der Waals surface area contributed by atoms with Crippen molar-refractivity contribution in [1.29, 1.82) is 0 Å². The van der Waals surface area contributed by atoms with E-state index in [0.717, 1.165) is 28.4 Å². The number of rotatable bonds is 10. The fraction of sp³-hybridized carbons (Fsp3) is 0.455. The van der Waals surface area contributed by atoms with Gasteiger partial charge in [-0.15, -0.1) is 11.3 Å². The van der Waals surface area contributed by atoms with Crippen LogP contribution in [0, 0.1) is 13.8 Å². The summed E-state index contributed by atoms with van der Waals surface area (Å²) in [5.41, 5.74) is 2.06. The average Bonchev–Trinajstić information content (AvgIpc) is 3.52. The van der Waals surface area contributed by atoms with E-state index in [2.05, 4.69) is 30.6 Å². The Bertz CT molecular complexity index is 1440. The number of aromatic hydroxyl groups is 1. The molecule has 13 heteroatoms. The van der Waals surface area contributed by atoms with E-state index >= 15 is 0 Å². The van der Waals surface area contributed by atoms with Gasteiger partial charge in [-0.3, -0.25) is 0 Å². The van der Waals surface area contributed by atoms with Crippen LogP contribution >= 0.6 is 11.3 Å². The van der Waals surface area contributed by atoms with Crippen LogP contribution in [0.25, 0.3) is 0 Å². The van der Waals surface area contributed by atoms with Crippen molar-refractivity contribution in [3.8, 4) is 5.75 Å². The fourth-order valence-electron chi connectivity index (χ4n) is 3.71. The van der Waals surface area contributed by atoms with Crippen LogP contribution in [-0.4, -0.2) is 47.6 Å². The minimum Gasteiger partial charge on any atom is -0.504 e. The number of aromatic nitrogens is 2. The third kappa shape index (κ3) is 4.75. The van der Waals surface area contributed by atoms with Gasteiger partial charge in [0.25, 0.3) is 10.0 Å². The van der Waals surface area contributed by atoms with Gasteiger partial charge in [-0.25, -0.2) is 28.4 Å². The first-order valence-electron chi connectivity index (χ1n) is 11.4. The van der Waals surface area contributed by atoms with E-state index in [4.69, 9.17) is 4.42 Å². The number of sulfonamides is 1. The summed E-state index contributed by atoms with van der Waals surface area (Å²) in [6.07, 6.45) is 0.710. The van der Waals surface area contributed by atoms with Crippen LogP contribution in [0.3, 0.4) is 0 Å². The number of nitrogens with one attached hydrogen (secondary N) is 2. The van der Waals surface area contributed by atoms with Crippen LogP contribution in [-0.2, 0) is 10.0 Å².